The van der Waals surface area contributed by atoms with Crippen molar-refractivity contribution < 1.29 is 157 Å². The first-order valence-electron chi connectivity index (χ1n) is 47.6. The van der Waals surface area contributed by atoms with Gasteiger partial charge in [-0.2, -0.15) is 0 Å². The summed E-state index contributed by atoms with van der Waals surface area (Å²) in [5, 5.41) is 12.1. The molecule has 4 fully saturated rings. The van der Waals surface area contributed by atoms with Crippen molar-refractivity contribution in [3.8, 4) is 0 Å². The Hall–Kier alpha value is -15.9. The molecule has 0 aliphatic carbocycles. The number of benzene rings is 12. The Bertz CT molecular complexity index is 6490. The van der Waals surface area contributed by atoms with E-state index in [0.29, 0.717) is 0 Å². The van der Waals surface area contributed by atoms with Gasteiger partial charge in [0.15, 0.2) is 107 Å². The number of carbonyl (C=O) groups is 12. The Kier molecular flexibility index (Phi) is 35.0. The van der Waals surface area contributed by atoms with E-state index in [4.69, 9.17) is 94.4 Å². The van der Waals surface area contributed by atoms with E-state index < -0.39 is 234 Å². The minimum Gasteiger partial charge on any atom is -0.459 e. The molecule has 0 aromatic heterocycles. The molecule has 0 saturated carbocycles. The molecule has 4 aliphatic rings. The van der Waals surface area contributed by atoms with Crippen LogP contribution in [0.2, 0.25) is 18.1 Å². The molecule has 148 heavy (non-hydrogen) atoms. The van der Waals surface area contributed by atoms with Crippen LogP contribution in [0.3, 0.4) is 0 Å². The van der Waals surface area contributed by atoms with Crippen LogP contribution in [0.25, 0.3) is 0 Å². The predicted molar refractivity (Wildman–Crippen MR) is 526 cm³/mol. The normalized spacial score (nSPS) is 23.6. The molecule has 1 N–H and O–H groups in total. The first kappa shape index (κ1) is 105. The number of ether oxygens (including phenoxy) is 19. The fraction of sp³-hybridized carbons (Fsp3) is 0.263. The number of hydrogen-bond donors (Lipinski definition) is 1. The van der Waals surface area contributed by atoms with Crippen LogP contribution in [-0.2, 0) is 94.4 Å². The lowest BCUT2D eigenvalue weighted by Gasteiger charge is -2.51. The highest BCUT2D eigenvalue weighted by molar-refractivity contribution is 6.74. The summed E-state index contributed by atoms with van der Waals surface area (Å²) in [6, 6.07) is 89.5. The molecule has 0 amide bonds. The quantitative estimate of drug-likeness (QED) is 0.0216. The minimum absolute atomic E-state index is 0.00579. The predicted octanol–water partition coefficient (Wildman–Crippen LogP) is 15.7. The SMILES string of the molecule is CC(C)(C)[Si](C)(C)OC[C@H]1O[C@H](O[C@@H]2[C@@H](OC[C@H]3O[C@H](O)[C@@H](OC(=O)c4ccccc4)[C@@H](OC(=O)c4ccccc4)[C@@H]3OC(=O)c3ccccc3)O[C@H](COC(=O)c3ccccc3)[C@@H](OC(=O)c3ccccc3)[C@@H]2OC(=O)c2ccccc2)[C@@H](O[C@H]2O[C@H](COC(=O)c3ccccc3)[C@@H](OC(=O)c3ccccc3)[C@H](OC(=O)c3ccccc3)[C@@H]2OC(=O)c2ccccc2)[C@@H](OC(=O)c2ccccc2)[C@@H]1OC(=O)c1ccccc1. The maximum Gasteiger partial charge on any atom is 0.338 e. The Labute approximate surface area is 851 Å². The lowest BCUT2D eigenvalue weighted by Crippen LogP contribution is -2.69. The van der Waals surface area contributed by atoms with Crippen LogP contribution < -0.4 is 0 Å². The van der Waals surface area contributed by atoms with Crippen LogP contribution in [0.15, 0.2) is 364 Å². The fourth-order valence-electron chi connectivity index (χ4n) is 16.4. The molecule has 0 bridgehead atoms. The Morgan fingerprint density at radius 1 is 0.223 bits per heavy atom. The molecular weight excluding hydrogens is 1930 g/mol. The van der Waals surface area contributed by atoms with E-state index in [0.717, 1.165) is 0 Å². The first-order chi connectivity index (χ1) is 71.7. The summed E-state index contributed by atoms with van der Waals surface area (Å²) in [6.07, 6.45) is -44.4. The molecule has 34 heteroatoms. The molecule has 12 aromatic rings. The molecule has 16 rings (SSSR count). The van der Waals surface area contributed by atoms with Crippen LogP contribution in [0.1, 0.15) is 145 Å². The van der Waals surface area contributed by atoms with Gasteiger partial charge in [-0.3, -0.25) is 0 Å². The average Bonchev–Trinajstić information content (AvgIpc) is 0.748. The highest BCUT2D eigenvalue weighted by atomic mass is 28.4. The third-order valence-corrected chi connectivity index (χ3v) is 29.6. The van der Waals surface area contributed by atoms with E-state index in [9.17, 15) is 24.3 Å². The molecule has 20 atom stereocenters. The molecule has 33 nitrogen and oxygen atoms in total. The van der Waals surface area contributed by atoms with E-state index in [2.05, 4.69) is 0 Å². The van der Waals surface area contributed by atoms with E-state index in [1.807, 2.05) is 33.9 Å². The zero-order valence-electron chi connectivity index (χ0n) is 80.5. The van der Waals surface area contributed by atoms with Gasteiger partial charge in [0.2, 0.25) is 0 Å². The van der Waals surface area contributed by atoms with Crippen LogP contribution >= 0.6 is 0 Å². The third-order valence-electron chi connectivity index (χ3n) is 25.1. The van der Waals surface area contributed by atoms with Crippen molar-refractivity contribution >= 4 is 79.9 Å². The van der Waals surface area contributed by atoms with Crippen molar-refractivity contribution in [1.82, 2.24) is 0 Å². The summed E-state index contributed by atoms with van der Waals surface area (Å²) in [5.41, 5.74) is -1.24. The molecular formula is C114H104O33Si. The summed E-state index contributed by atoms with van der Waals surface area (Å²) in [4.78, 5) is 184. The summed E-state index contributed by atoms with van der Waals surface area (Å²) >= 11 is 0. The van der Waals surface area contributed by atoms with E-state index in [-0.39, 0.29) is 66.8 Å². The van der Waals surface area contributed by atoms with Gasteiger partial charge in [-0.25, -0.2) is 57.5 Å². The smallest absolute Gasteiger partial charge is 0.338 e. The second kappa shape index (κ2) is 49.4. The minimum atomic E-state index is -3.21. The molecule has 762 valence electrons. The number of rotatable bonds is 36. The van der Waals surface area contributed by atoms with Crippen molar-refractivity contribution in [2.45, 2.75) is 162 Å². The standard InChI is InChI=1S/C114H104O33Si/c1-114(2,3)148(4,5)131-69-85-89(139-103(120)75-52-28-11-29-53-75)93(143-107(124)79-60-36-15-37-61-79)97(147-112-96(145-109(126)81-64-40-17-41-65-81)92(142-106(123)78-58-34-14-35-59-78)88(138-102(119)74-50-26-10-27-51-74)84(134-112)67-129-99(116)71-44-20-7-21-45-71)113(135-85)146-95-91(141-105(122)77-56-32-13-33-57-77)87(137-101(118)73-48-24-9-25-49-73)83(66-128-98(115)70-42-18-6-19-43-70)133-111(95)130-68-82-86(136-100(117)72-46-22-8-23-47-72)90(140-104(121)76-54-30-12-31-55-76)94(110(127)132-82)144-108(125)80-62-38-16-39-63-80/h6-65,82-97,110-113,127H,66-69H2,1-5H3/t82-,83-,84-,85-,86-,87-,88-,89-,90+,91+,92+,93+,94+,95+,96+,97+,110+,111+,112-,113-/m1/s1. The van der Waals surface area contributed by atoms with Gasteiger partial charge in [-0.05, 0) is 164 Å². The molecule has 0 radical (unpaired) electrons. The maximum absolute atomic E-state index is 16.1. The molecule has 12 aromatic carbocycles. The molecule has 4 aliphatic heterocycles. The van der Waals surface area contributed by atoms with Gasteiger partial charge < -0.3 is 99.5 Å². The summed E-state index contributed by atoms with van der Waals surface area (Å²) in [6.45, 7) is 5.83. The van der Waals surface area contributed by atoms with Crippen LogP contribution in [0, 0.1) is 0 Å². The third kappa shape index (κ3) is 26.5. The lowest BCUT2D eigenvalue weighted by atomic mass is 9.95. The molecule has 4 heterocycles. The van der Waals surface area contributed by atoms with Crippen LogP contribution in [0.4, 0.5) is 0 Å². The molecule has 4 saturated heterocycles. The van der Waals surface area contributed by atoms with E-state index in [1.165, 1.54) is 255 Å². The number of esters is 12. The number of aliphatic hydroxyl groups is 1. The largest absolute Gasteiger partial charge is 0.459 e. The Balaban J connectivity index is 0.933. The van der Waals surface area contributed by atoms with Crippen LogP contribution in [-0.4, -0.2) is 234 Å². The molecule has 0 spiro atoms. The first-order valence-corrected chi connectivity index (χ1v) is 50.5. The Morgan fingerprint density at radius 2 is 0.405 bits per heavy atom. The van der Waals surface area contributed by atoms with Gasteiger partial charge in [0.05, 0.1) is 80.0 Å². The average molecular weight is 2030 g/mol. The van der Waals surface area contributed by atoms with Crippen molar-refractivity contribution in [1.29, 1.82) is 0 Å². The maximum atomic E-state index is 16.1. The van der Waals surface area contributed by atoms with E-state index >= 15 is 38.4 Å². The lowest BCUT2D eigenvalue weighted by molar-refractivity contribution is -0.392. The molecule has 0 unspecified atom stereocenters. The Morgan fingerprint density at radius 3 is 0.655 bits per heavy atom. The van der Waals surface area contributed by atoms with Gasteiger partial charge in [0, 0.05) is 0 Å². The highest BCUT2D eigenvalue weighted by Crippen LogP contribution is 2.44. The van der Waals surface area contributed by atoms with E-state index in [1.54, 1.807) is 109 Å². The monoisotopic (exact) mass is 2030 g/mol. The summed E-state index contributed by atoms with van der Waals surface area (Å²) < 4.78 is 136. The van der Waals surface area contributed by atoms with Crippen molar-refractivity contribution in [2.24, 2.45) is 0 Å². The summed E-state index contributed by atoms with van der Waals surface area (Å²) in [7, 11) is -3.21. The second-order valence-corrected chi connectivity index (χ2v) is 40.9. The topological polar surface area (TPSA) is 410 Å². The van der Waals surface area contributed by atoms with Gasteiger partial charge in [0.25, 0.3) is 0 Å². The number of aliphatic hydroxyl groups excluding tert-OH is 1. The fourth-order valence-corrected chi connectivity index (χ4v) is 17.4. The van der Waals surface area contributed by atoms with Gasteiger partial charge >= 0.3 is 71.6 Å². The summed E-state index contributed by atoms with van der Waals surface area (Å²) in [5.74, 6) is -13.5. The van der Waals surface area contributed by atoms with Crippen molar-refractivity contribution in [3.05, 3.63) is 431 Å². The van der Waals surface area contributed by atoms with Gasteiger partial charge in [0.1, 0.15) is 37.6 Å². The zero-order valence-corrected chi connectivity index (χ0v) is 81.5. The van der Waals surface area contributed by atoms with Gasteiger partial charge in [-0.15, -0.1) is 0 Å². The highest BCUT2D eigenvalue weighted by Gasteiger charge is 2.63. The zero-order chi connectivity index (χ0) is 104. The van der Waals surface area contributed by atoms with Crippen molar-refractivity contribution in [3.63, 3.8) is 0 Å². The van der Waals surface area contributed by atoms with Crippen molar-refractivity contribution in [2.75, 3.05) is 26.4 Å². The number of carbonyl (C=O) groups excluding carboxylic acids is 12. The van der Waals surface area contributed by atoms with Crippen LogP contribution in [0.5, 0.6) is 0 Å². The van der Waals surface area contributed by atoms with Gasteiger partial charge in [-0.1, -0.05) is 239 Å². The second-order valence-electron chi connectivity index (χ2n) is 36.1. The number of hydrogen-bond acceptors (Lipinski definition) is 33.